The number of hydrogen-bond acceptors (Lipinski definition) is 6. The zero-order valence-corrected chi connectivity index (χ0v) is 18.4. The van der Waals surface area contributed by atoms with Gasteiger partial charge in [-0.1, -0.05) is 18.2 Å². The molecule has 0 saturated carbocycles. The van der Waals surface area contributed by atoms with Crippen molar-refractivity contribution >= 4 is 45.0 Å². The average Bonchev–Trinajstić information content (AvgIpc) is 3.35. The van der Waals surface area contributed by atoms with Crippen LogP contribution in [0.15, 0.2) is 58.5 Å². The summed E-state index contributed by atoms with van der Waals surface area (Å²) in [5.41, 5.74) is 5.19. The summed E-state index contributed by atoms with van der Waals surface area (Å²) in [5.74, 6) is -0.497. The molecule has 2 aromatic heterocycles. The number of benzene rings is 2. The van der Waals surface area contributed by atoms with Crippen molar-refractivity contribution < 1.29 is 18.7 Å². The Balaban J connectivity index is 1.42. The molecule has 0 fully saturated rings. The van der Waals surface area contributed by atoms with Gasteiger partial charge in [0.15, 0.2) is 5.13 Å². The van der Waals surface area contributed by atoms with E-state index in [9.17, 15) is 9.59 Å². The Hall–Kier alpha value is -3.45. The summed E-state index contributed by atoms with van der Waals surface area (Å²) in [7, 11) is 0. The van der Waals surface area contributed by atoms with Crippen LogP contribution < -0.4 is 4.90 Å². The van der Waals surface area contributed by atoms with Crippen LogP contribution in [0.25, 0.3) is 11.0 Å². The van der Waals surface area contributed by atoms with Crippen molar-refractivity contribution in [2.45, 2.75) is 33.8 Å². The number of aryl methyl sites for hydroxylation is 2. The van der Waals surface area contributed by atoms with Crippen molar-refractivity contribution in [3.05, 3.63) is 76.5 Å². The van der Waals surface area contributed by atoms with Gasteiger partial charge in [0.25, 0.3) is 0 Å². The Bertz CT molecular complexity index is 1240. The minimum Gasteiger partial charge on any atom is -0.464 e. The number of hydrogen-bond donors (Lipinski definition) is 0. The van der Waals surface area contributed by atoms with Gasteiger partial charge < -0.3 is 9.15 Å². The van der Waals surface area contributed by atoms with Gasteiger partial charge in [-0.05, 0) is 49.2 Å². The number of furan rings is 1. The monoisotopic (exact) mass is 434 g/mol. The molecule has 158 valence electrons. The van der Waals surface area contributed by atoms with E-state index < -0.39 is 0 Å². The maximum Gasteiger partial charge on any atom is 0.310 e. The molecule has 0 aliphatic heterocycles. The molecule has 0 unspecified atom stereocenters. The third-order valence-electron chi connectivity index (χ3n) is 5.05. The maximum absolute atomic E-state index is 12.4. The minimum atomic E-state index is -0.359. The Kier molecular flexibility index (Phi) is 5.86. The molecule has 6 nitrogen and oxygen atoms in total. The van der Waals surface area contributed by atoms with E-state index in [0.29, 0.717) is 10.8 Å². The van der Waals surface area contributed by atoms with Gasteiger partial charge in [0, 0.05) is 23.3 Å². The fraction of sp³-hybridized carbons (Fsp3) is 0.208. The van der Waals surface area contributed by atoms with E-state index in [4.69, 9.17) is 9.15 Å². The Morgan fingerprint density at radius 3 is 2.61 bits per heavy atom. The number of rotatable bonds is 6. The number of ether oxygens (including phenoxy) is 1. The second-order valence-corrected chi connectivity index (χ2v) is 8.18. The van der Waals surface area contributed by atoms with Crippen LogP contribution in [0.3, 0.4) is 0 Å². The third kappa shape index (κ3) is 4.51. The summed E-state index contributed by atoms with van der Waals surface area (Å²) in [6, 6.07) is 13.3. The number of amides is 1. The van der Waals surface area contributed by atoms with Crippen LogP contribution in [0.5, 0.6) is 0 Å². The molecule has 7 heteroatoms. The molecule has 4 aromatic rings. The number of esters is 1. The molecular weight excluding hydrogens is 412 g/mol. The first-order valence-electron chi connectivity index (χ1n) is 9.85. The number of thiazole rings is 1. The summed E-state index contributed by atoms with van der Waals surface area (Å²) >= 11 is 1.33. The number of anilines is 2. The molecule has 0 spiro atoms. The van der Waals surface area contributed by atoms with Gasteiger partial charge in [-0.2, -0.15) is 0 Å². The Morgan fingerprint density at radius 2 is 1.87 bits per heavy atom. The van der Waals surface area contributed by atoms with E-state index in [-0.39, 0.29) is 24.9 Å². The molecule has 0 bridgehead atoms. The highest BCUT2D eigenvalue weighted by atomic mass is 32.1. The lowest BCUT2D eigenvalue weighted by molar-refractivity contribution is -0.144. The molecule has 0 radical (unpaired) electrons. The van der Waals surface area contributed by atoms with Gasteiger partial charge in [-0.15, -0.1) is 11.3 Å². The van der Waals surface area contributed by atoms with Crippen molar-refractivity contribution in [3.63, 3.8) is 0 Å². The highest BCUT2D eigenvalue weighted by Gasteiger charge is 2.18. The van der Waals surface area contributed by atoms with Crippen LogP contribution in [0.4, 0.5) is 10.8 Å². The van der Waals surface area contributed by atoms with Gasteiger partial charge in [0.1, 0.15) is 12.2 Å². The molecule has 0 N–H and O–H groups in total. The predicted octanol–water partition coefficient (Wildman–Crippen LogP) is 5.48. The quantitative estimate of drug-likeness (QED) is 0.376. The van der Waals surface area contributed by atoms with Crippen molar-refractivity contribution in [1.82, 2.24) is 4.98 Å². The zero-order valence-electron chi connectivity index (χ0n) is 17.5. The largest absolute Gasteiger partial charge is 0.464 e. The molecule has 0 aliphatic carbocycles. The van der Waals surface area contributed by atoms with Gasteiger partial charge in [-0.3, -0.25) is 14.5 Å². The number of carbonyl (C=O) groups excluding carboxylic acids is 2. The molecule has 0 saturated heterocycles. The van der Waals surface area contributed by atoms with E-state index in [0.717, 1.165) is 33.3 Å². The first-order valence-corrected chi connectivity index (χ1v) is 10.7. The van der Waals surface area contributed by atoms with Crippen molar-refractivity contribution in [3.8, 4) is 0 Å². The fourth-order valence-electron chi connectivity index (χ4n) is 3.30. The summed E-state index contributed by atoms with van der Waals surface area (Å²) in [4.78, 5) is 30.6. The van der Waals surface area contributed by atoms with Crippen LogP contribution >= 0.6 is 11.3 Å². The molecule has 2 aromatic carbocycles. The van der Waals surface area contributed by atoms with Gasteiger partial charge >= 0.3 is 5.97 Å². The van der Waals surface area contributed by atoms with E-state index in [1.54, 1.807) is 11.6 Å². The summed E-state index contributed by atoms with van der Waals surface area (Å²) in [5, 5.41) is 3.26. The van der Waals surface area contributed by atoms with Crippen LogP contribution in [0, 0.1) is 13.8 Å². The number of aromatic nitrogens is 1. The number of fused-ring (bicyclic) bond motifs is 1. The first kappa shape index (κ1) is 20.8. The van der Waals surface area contributed by atoms with Crippen LogP contribution in [0.2, 0.25) is 0 Å². The lowest BCUT2D eigenvalue weighted by Gasteiger charge is -2.17. The summed E-state index contributed by atoms with van der Waals surface area (Å²) in [6.45, 7) is 5.60. The fourth-order valence-corrected chi connectivity index (χ4v) is 4.17. The lowest BCUT2D eigenvalue weighted by atomic mass is 10.0. The summed E-state index contributed by atoms with van der Waals surface area (Å²) in [6.07, 6.45) is 1.73. The lowest BCUT2D eigenvalue weighted by Crippen LogP contribution is -2.22. The highest BCUT2D eigenvalue weighted by molar-refractivity contribution is 7.14. The molecule has 1 amide bonds. The van der Waals surface area contributed by atoms with Crippen LogP contribution in [-0.2, 0) is 27.4 Å². The predicted molar refractivity (Wildman–Crippen MR) is 121 cm³/mol. The van der Waals surface area contributed by atoms with Crippen molar-refractivity contribution in [2.24, 2.45) is 0 Å². The average molecular weight is 435 g/mol. The third-order valence-corrected chi connectivity index (χ3v) is 5.92. The molecule has 2 heterocycles. The minimum absolute atomic E-state index is 0.0454. The normalized spacial score (nSPS) is 10.9. The number of carbonyl (C=O) groups is 2. The van der Waals surface area contributed by atoms with Crippen LogP contribution in [-0.4, -0.2) is 16.9 Å². The van der Waals surface area contributed by atoms with Crippen molar-refractivity contribution in [1.29, 1.82) is 0 Å². The molecule has 0 aliphatic rings. The molecule has 4 rings (SSSR count). The van der Waals surface area contributed by atoms with Crippen LogP contribution in [0.1, 0.15) is 29.3 Å². The van der Waals surface area contributed by atoms with E-state index in [1.165, 1.54) is 23.2 Å². The Morgan fingerprint density at radius 1 is 1.13 bits per heavy atom. The van der Waals surface area contributed by atoms with E-state index in [1.807, 2.05) is 56.3 Å². The number of para-hydroxylation sites is 1. The van der Waals surface area contributed by atoms with Gasteiger partial charge in [0.05, 0.1) is 24.1 Å². The van der Waals surface area contributed by atoms with Crippen molar-refractivity contribution in [2.75, 3.05) is 4.90 Å². The maximum atomic E-state index is 12.4. The molecule has 0 atom stereocenters. The van der Waals surface area contributed by atoms with E-state index in [2.05, 4.69) is 4.98 Å². The molecular formula is C24H22N2O4S. The smallest absolute Gasteiger partial charge is 0.310 e. The zero-order chi connectivity index (χ0) is 22.0. The number of nitrogens with zero attached hydrogens (tertiary/aromatic N) is 2. The van der Waals surface area contributed by atoms with E-state index >= 15 is 0 Å². The van der Waals surface area contributed by atoms with Gasteiger partial charge in [0.2, 0.25) is 5.91 Å². The molecule has 31 heavy (non-hydrogen) atoms. The highest BCUT2D eigenvalue weighted by Crippen LogP contribution is 2.29. The second-order valence-electron chi connectivity index (χ2n) is 7.34. The van der Waals surface area contributed by atoms with Gasteiger partial charge in [-0.25, -0.2) is 4.98 Å². The summed E-state index contributed by atoms with van der Waals surface area (Å²) < 4.78 is 11.0. The first-order chi connectivity index (χ1) is 14.9. The second kappa shape index (κ2) is 8.73. The standard InChI is InChI=1S/C24H22N2O4S/c1-15-9-21-18(12-29-22(21)10-16(15)2)11-23(28)30-13-19-14-31-24(25-19)26(17(3)27)20-7-5-4-6-8-20/h4-10,12,14H,11,13H2,1-3H3. The SMILES string of the molecule is CC(=O)N(c1ccccc1)c1nc(COC(=O)Cc2coc3cc(C)c(C)cc23)cs1. The Labute approximate surface area is 184 Å². The topological polar surface area (TPSA) is 72.6 Å².